The molecule has 21 heavy (non-hydrogen) atoms. The zero-order valence-corrected chi connectivity index (χ0v) is 14.1. The number of aryl methyl sites for hydroxylation is 1. The third-order valence-corrected chi connectivity index (χ3v) is 5.95. The number of hydrogen-bond donors (Lipinski definition) is 3. The molecule has 1 unspecified atom stereocenters. The minimum atomic E-state index is -3.68. The second-order valence-corrected chi connectivity index (χ2v) is 7.22. The molecule has 0 saturated carbocycles. The van der Waals surface area contributed by atoms with Crippen LogP contribution in [0.4, 0.5) is 0 Å². The molecule has 1 heterocycles. The summed E-state index contributed by atoms with van der Waals surface area (Å²) in [4.78, 5) is 7.13. The normalized spacial score (nSPS) is 13.3. The molecule has 0 amide bonds. The Bertz CT molecular complexity index is 729. The number of halogens is 1. The van der Waals surface area contributed by atoms with Gasteiger partial charge in [0.1, 0.15) is 5.82 Å². The number of hydrogen-bond acceptors (Lipinski definition) is 4. The van der Waals surface area contributed by atoms with E-state index < -0.39 is 16.1 Å². The largest absolute Gasteiger partial charge is 0.347 e. The Kier molecular flexibility index (Phi) is 4.82. The third kappa shape index (κ3) is 3.52. The summed E-state index contributed by atoms with van der Waals surface area (Å²) in [6.07, 6.45) is 3.23. The molecule has 1 atom stereocenters. The molecule has 0 aliphatic heterocycles. The van der Waals surface area contributed by atoms with Crippen LogP contribution in [0.15, 0.2) is 33.9 Å². The molecule has 8 heteroatoms. The molecule has 4 N–H and O–H groups in total. The van der Waals surface area contributed by atoms with Gasteiger partial charge < -0.3 is 10.7 Å². The summed E-state index contributed by atoms with van der Waals surface area (Å²) in [7, 11) is -3.68. The molecule has 0 fully saturated rings. The average molecular weight is 373 g/mol. The lowest BCUT2D eigenvalue weighted by atomic mass is 10.1. The van der Waals surface area contributed by atoms with Gasteiger partial charge in [0.05, 0.1) is 10.9 Å². The molecule has 0 spiro atoms. The lowest BCUT2D eigenvalue weighted by Gasteiger charge is -2.15. The van der Waals surface area contributed by atoms with Gasteiger partial charge in [-0.3, -0.25) is 0 Å². The number of H-pyrrole nitrogens is 1. The van der Waals surface area contributed by atoms with E-state index in [-0.39, 0.29) is 11.4 Å². The zero-order valence-electron chi connectivity index (χ0n) is 11.7. The number of aromatic amines is 1. The van der Waals surface area contributed by atoms with Crippen LogP contribution in [-0.2, 0) is 16.6 Å². The highest BCUT2D eigenvalue weighted by molar-refractivity contribution is 9.10. The smallest absolute Gasteiger partial charge is 0.242 e. The summed E-state index contributed by atoms with van der Waals surface area (Å²) >= 11 is 3.33. The summed E-state index contributed by atoms with van der Waals surface area (Å²) in [5.74, 6) is 0.557. The molecule has 2 aromatic rings. The van der Waals surface area contributed by atoms with Crippen LogP contribution < -0.4 is 10.5 Å². The van der Waals surface area contributed by atoms with Gasteiger partial charge in [-0.25, -0.2) is 18.1 Å². The van der Waals surface area contributed by atoms with E-state index in [9.17, 15) is 8.42 Å². The van der Waals surface area contributed by atoms with Gasteiger partial charge in [0, 0.05) is 23.4 Å². The second-order valence-electron chi connectivity index (χ2n) is 4.75. The van der Waals surface area contributed by atoms with Gasteiger partial charge in [-0.2, -0.15) is 0 Å². The van der Waals surface area contributed by atoms with Crippen molar-refractivity contribution in [2.75, 3.05) is 0 Å². The van der Waals surface area contributed by atoms with Crippen molar-refractivity contribution < 1.29 is 8.42 Å². The second kappa shape index (κ2) is 6.27. The van der Waals surface area contributed by atoms with E-state index in [1.54, 1.807) is 25.4 Å². The van der Waals surface area contributed by atoms with Crippen LogP contribution in [0, 0.1) is 6.92 Å². The van der Waals surface area contributed by atoms with Crippen molar-refractivity contribution >= 4 is 26.0 Å². The highest BCUT2D eigenvalue weighted by Gasteiger charge is 2.23. The first-order valence-electron chi connectivity index (χ1n) is 6.36. The number of aromatic nitrogens is 2. The summed E-state index contributed by atoms with van der Waals surface area (Å²) in [5.41, 5.74) is 7.20. The molecule has 0 radical (unpaired) electrons. The molecule has 1 aromatic heterocycles. The maximum Gasteiger partial charge on any atom is 0.242 e. The minimum absolute atomic E-state index is 0.182. The topological polar surface area (TPSA) is 101 Å². The van der Waals surface area contributed by atoms with Crippen LogP contribution in [-0.4, -0.2) is 18.4 Å². The number of benzene rings is 1. The molecule has 0 aliphatic carbocycles. The summed E-state index contributed by atoms with van der Waals surface area (Å²) in [6, 6.07) is 2.98. The molecular weight excluding hydrogens is 356 g/mol. The molecule has 1 aromatic carbocycles. The quantitative estimate of drug-likeness (QED) is 0.746. The van der Waals surface area contributed by atoms with Gasteiger partial charge in [-0.15, -0.1) is 0 Å². The molecule has 0 saturated heterocycles. The maximum absolute atomic E-state index is 12.6. The zero-order chi connectivity index (χ0) is 15.6. The number of rotatable bonds is 5. The summed E-state index contributed by atoms with van der Waals surface area (Å²) in [5, 5.41) is 0. The van der Waals surface area contributed by atoms with E-state index in [1.807, 2.05) is 13.0 Å². The SMILES string of the molecule is Cc1cc(CN)cc(S(=O)(=O)NC(C)c2ncc[nH]2)c1Br. The van der Waals surface area contributed by atoms with Crippen molar-refractivity contribution in [3.8, 4) is 0 Å². The van der Waals surface area contributed by atoms with Gasteiger partial charge in [0.25, 0.3) is 0 Å². The van der Waals surface area contributed by atoms with E-state index >= 15 is 0 Å². The molecule has 0 aliphatic rings. The molecular formula is C13H17BrN4O2S. The van der Waals surface area contributed by atoms with Crippen molar-refractivity contribution in [1.82, 2.24) is 14.7 Å². The van der Waals surface area contributed by atoms with Crippen molar-refractivity contribution in [1.29, 1.82) is 0 Å². The number of nitrogens with one attached hydrogen (secondary N) is 2. The predicted molar refractivity (Wildman–Crippen MR) is 84.1 cm³/mol. The fourth-order valence-corrected chi connectivity index (χ4v) is 4.26. The Labute approximate surface area is 132 Å². The first-order valence-corrected chi connectivity index (χ1v) is 8.63. The first-order chi connectivity index (χ1) is 9.85. The van der Waals surface area contributed by atoms with Crippen LogP contribution >= 0.6 is 15.9 Å². The van der Waals surface area contributed by atoms with Gasteiger partial charge in [0.15, 0.2) is 0 Å². The Balaban J connectivity index is 2.38. The first kappa shape index (κ1) is 16.2. The molecule has 6 nitrogen and oxygen atoms in total. The van der Waals surface area contributed by atoms with E-state index in [2.05, 4.69) is 30.6 Å². The molecule has 2 rings (SSSR count). The highest BCUT2D eigenvalue weighted by atomic mass is 79.9. The van der Waals surface area contributed by atoms with E-state index in [0.717, 1.165) is 11.1 Å². The summed E-state index contributed by atoms with van der Waals surface area (Å²) in [6.45, 7) is 3.84. The number of sulfonamides is 1. The maximum atomic E-state index is 12.6. The number of nitrogens with zero attached hydrogens (tertiary/aromatic N) is 1. The van der Waals surface area contributed by atoms with E-state index in [0.29, 0.717) is 10.3 Å². The van der Waals surface area contributed by atoms with E-state index in [1.165, 1.54) is 0 Å². The fraction of sp³-hybridized carbons (Fsp3) is 0.308. The van der Waals surface area contributed by atoms with Crippen LogP contribution in [0.5, 0.6) is 0 Å². The van der Waals surface area contributed by atoms with Crippen molar-refractivity contribution in [2.45, 2.75) is 31.3 Å². The highest BCUT2D eigenvalue weighted by Crippen LogP contribution is 2.28. The predicted octanol–water partition coefficient (Wildman–Crippen LogP) is 1.98. The van der Waals surface area contributed by atoms with Crippen LogP contribution in [0.2, 0.25) is 0 Å². The number of nitrogens with two attached hydrogens (primary N) is 1. The lowest BCUT2D eigenvalue weighted by molar-refractivity contribution is 0.560. The average Bonchev–Trinajstić information content (AvgIpc) is 2.95. The van der Waals surface area contributed by atoms with E-state index in [4.69, 9.17) is 5.73 Å². The Hall–Kier alpha value is -1.22. The lowest BCUT2D eigenvalue weighted by Crippen LogP contribution is -2.28. The van der Waals surface area contributed by atoms with Gasteiger partial charge in [0.2, 0.25) is 10.0 Å². The van der Waals surface area contributed by atoms with Crippen molar-refractivity contribution in [2.24, 2.45) is 5.73 Å². The van der Waals surface area contributed by atoms with Crippen molar-refractivity contribution in [3.05, 3.63) is 46.0 Å². The van der Waals surface area contributed by atoms with Gasteiger partial charge in [-0.05, 0) is 47.0 Å². The van der Waals surface area contributed by atoms with Gasteiger partial charge >= 0.3 is 0 Å². The molecule has 0 bridgehead atoms. The third-order valence-electron chi connectivity index (χ3n) is 3.07. The van der Waals surface area contributed by atoms with Gasteiger partial charge in [-0.1, -0.05) is 6.07 Å². The Morgan fingerprint density at radius 1 is 1.48 bits per heavy atom. The van der Waals surface area contributed by atoms with Crippen molar-refractivity contribution in [3.63, 3.8) is 0 Å². The summed E-state index contributed by atoms with van der Waals surface area (Å²) < 4.78 is 28.3. The Morgan fingerprint density at radius 2 is 2.19 bits per heavy atom. The van der Waals surface area contributed by atoms with Crippen LogP contribution in [0.1, 0.15) is 29.9 Å². The molecule has 114 valence electrons. The number of imidazole rings is 1. The van der Waals surface area contributed by atoms with Crippen LogP contribution in [0.25, 0.3) is 0 Å². The monoisotopic (exact) mass is 372 g/mol. The Morgan fingerprint density at radius 3 is 2.76 bits per heavy atom. The minimum Gasteiger partial charge on any atom is -0.347 e. The standard InChI is InChI=1S/C13H17BrN4O2S/c1-8-5-10(7-15)6-11(12(8)14)21(19,20)18-9(2)13-16-3-4-17-13/h3-6,9,18H,7,15H2,1-2H3,(H,16,17). The van der Waals surface area contributed by atoms with Crippen LogP contribution in [0.3, 0.4) is 0 Å². The fourth-order valence-electron chi connectivity index (χ4n) is 1.99.